The van der Waals surface area contributed by atoms with Gasteiger partial charge in [0.25, 0.3) is 5.91 Å². The second-order valence-electron chi connectivity index (χ2n) is 6.08. The van der Waals surface area contributed by atoms with E-state index in [0.717, 1.165) is 17.4 Å². The first-order valence-electron chi connectivity index (χ1n) is 8.60. The van der Waals surface area contributed by atoms with Crippen LogP contribution >= 0.6 is 0 Å². The number of para-hydroxylation sites is 1. The maximum absolute atomic E-state index is 13.2. The maximum Gasteiger partial charge on any atom is 0.251 e. The van der Waals surface area contributed by atoms with Crippen LogP contribution in [-0.2, 0) is 13.0 Å². The van der Waals surface area contributed by atoms with E-state index in [2.05, 4.69) is 5.32 Å². The predicted octanol–water partition coefficient (Wildman–Crippen LogP) is 4.52. The van der Waals surface area contributed by atoms with Crippen molar-refractivity contribution in [3.63, 3.8) is 0 Å². The standard InChI is InChI=1S/C22H19F2NO2/c23-19-12-17(13-20(24)14-19)10-11-25-22(26)18-8-6-16(7-9-18)15-27-21-4-2-1-3-5-21/h1-9,12-14H,10-11,15H2,(H,25,26). The van der Waals surface area contributed by atoms with Crippen LogP contribution in [0, 0.1) is 11.6 Å². The van der Waals surface area contributed by atoms with Gasteiger partial charge in [-0.05, 0) is 53.9 Å². The fourth-order valence-electron chi connectivity index (χ4n) is 2.61. The van der Waals surface area contributed by atoms with Gasteiger partial charge in [0.05, 0.1) is 0 Å². The summed E-state index contributed by atoms with van der Waals surface area (Å²) in [7, 11) is 0. The van der Waals surface area contributed by atoms with Crippen molar-refractivity contribution in [2.75, 3.05) is 6.54 Å². The Morgan fingerprint density at radius 1 is 0.852 bits per heavy atom. The van der Waals surface area contributed by atoms with Crippen LogP contribution in [0.5, 0.6) is 5.75 Å². The quantitative estimate of drug-likeness (QED) is 0.667. The number of carbonyl (C=O) groups excluding carboxylic acids is 1. The molecule has 0 bridgehead atoms. The van der Waals surface area contributed by atoms with Gasteiger partial charge in [0.15, 0.2) is 0 Å². The lowest BCUT2D eigenvalue weighted by Crippen LogP contribution is -2.25. The van der Waals surface area contributed by atoms with Crippen molar-refractivity contribution < 1.29 is 18.3 Å². The van der Waals surface area contributed by atoms with E-state index in [0.29, 0.717) is 30.7 Å². The van der Waals surface area contributed by atoms with Gasteiger partial charge >= 0.3 is 0 Å². The number of ether oxygens (including phenoxy) is 1. The first-order chi connectivity index (χ1) is 13.1. The molecule has 0 unspecified atom stereocenters. The van der Waals surface area contributed by atoms with Crippen molar-refractivity contribution in [2.24, 2.45) is 0 Å². The minimum Gasteiger partial charge on any atom is -0.489 e. The van der Waals surface area contributed by atoms with Crippen LogP contribution in [0.2, 0.25) is 0 Å². The zero-order valence-electron chi connectivity index (χ0n) is 14.6. The fraction of sp³-hybridized carbons (Fsp3) is 0.136. The SMILES string of the molecule is O=C(NCCc1cc(F)cc(F)c1)c1ccc(COc2ccccc2)cc1. The summed E-state index contributed by atoms with van der Waals surface area (Å²) in [6.45, 7) is 0.706. The third-order valence-corrected chi connectivity index (χ3v) is 3.99. The fourth-order valence-corrected chi connectivity index (χ4v) is 2.61. The molecule has 3 rings (SSSR count). The summed E-state index contributed by atoms with van der Waals surface area (Å²) in [6.07, 6.45) is 0.351. The Balaban J connectivity index is 1.48. The molecule has 0 saturated carbocycles. The van der Waals surface area contributed by atoms with Gasteiger partial charge in [0, 0.05) is 18.2 Å². The van der Waals surface area contributed by atoms with E-state index in [9.17, 15) is 13.6 Å². The van der Waals surface area contributed by atoms with Crippen LogP contribution in [0.25, 0.3) is 0 Å². The molecule has 0 aliphatic rings. The van der Waals surface area contributed by atoms with Crippen LogP contribution in [-0.4, -0.2) is 12.5 Å². The normalized spacial score (nSPS) is 10.4. The van der Waals surface area contributed by atoms with Crippen molar-refractivity contribution in [1.82, 2.24) is 5.32 Å². The number of halogens is 2. The highest BCUT2D eigenvalue weighted by Crippen LogP contribution is 2.12. The van der Waals surface area contributed by atoms with Crippen molar-refractivity contribution >= 4 is 5.91 Å². The van der Waals surface area contributed by atoms with E-state index in [1.165, 1.54) is 12.1 Å². The van der Waals surface area contributed by atoms with Crippen LogP contribution in [0.1, 0.15) is 21.5 Å². The number of carbonyl (C=O) groups is 1. The van der Waals surface area contributed by atoms with Crippen molar-refractivity contribution in [3.05, 3.63) is 101 Å². The number of amides is 1. The number of rotatable bonds is 7. The van der Waals surface area contributed by atoms with E-state index in [1.807, 2.05) is 42.5 Å². The van der Waals surface area contributed by atoms with Crippen LogP contribution < -0.4 is 10.1 Å². The summed E-state index contributed by atoms with van der Waals surface area (Å²) < 4.78 is 32.0. The average molecular weight is 367 g/mol. The van der Waals surface area contributed by atoms with Crippen LogP contribution in [0.15, 0.2) is 72.8 Å². The molecule has 3 aromatic rings. The molecule has 3 aromatic carbocycles. The number of hydrogen-bond acceptors (Lipinski definition) is 2. The Morgan fingerprint density at radius 3 is 2.19 bits per heavy atom. The Kier molecular flexibility index (Phi) is 6.15. The number of nitrogens with one attached hydrogen (secondary N) is 1. The molecule has 0 aromatic heterocycles. The molecule has 1 amide bonds. The largest absolute Gasteiger partial charge is 0.489 e. The van der Waals surface area contributed by atoms with Crippen molar-refractivity contribution in [2.45, 2.75) is 13.0 Å². The first-order valence-corrected chi connectivity index (χ1v) is 8.60. The minimum atomic E-state index is -0.621. The van der Waals surface area contributed by atoms with Crippen molar-refractivity contribution in [1.29, 1.82) is 0 Å². The molecule has 0 radical (unpaired) electrons. The maximum atomic E-state index is 13.2. The molecule has 0 fully saturated rings. The third-order valence-electron chi connectivity index (χ3n) is 3.99. The molecule has 3 nitrogen and oxygen atoms in total. The molecular weight excluding hydrogens is 348 g/mol. The Labute approximate surface area is 156 Å². The van der Waals surface area contributed by atoms with Crippen LogP contribution in [0.3, 0.4) is 0 Å². The average Bonchev–Trinajstić information content (AvgIpc) is 2.67. The highest BCUT2D eigenvalue weighted by atomic mass is 19.1. The Bertz CT molecular complexity index is 876. The highest BCUT2D eigenvalue weighted by molar-refractivity contribution is 5.94. The van der Waals surface area contributed by atoms with Gasteiger partial charge in [-0.25, -0.2) is 8.78 Å². The molecule has 5 heteroatoms. The summed E-state index contributed by atoms with van der Waals surface area (Å²) in [5, 5.41) is 2.75. The first kappa shape index (κ1) is 18.6. The topological polar surface area (TPSA) is 38.3 Å². The lowest BCUT2D eigenvalue weighted by atomic mass is 10.1. The molecular formula is C22H19F2NO2. The lowest BCUT2D eigenvalue weighted by Gasteiger charge is -2.08. The third kappa shape index (κ3) is 5.64. The summed E-state index contributed by atoms with van der Waals surface area (Å²) in [5.74, 6) is -0.690. The van der Waals surface area contributed by atoms with Gasteiger partial charge < -0.3 is 10.1 Å². The molecule has 138 valence electrons. The summed E-state index contributed by atoms with van der Waals surface area (Å²) in [5.41, 5.74) is 1.97. The van der Waals surface area contributed by atoms with Gasteiger partial charge in [-0.1, -0.05) is 30.3 Å². The van der Waals surface area contributed by atoms with E-state index in [1.54, 1.807) is 12.1 Å². The second-order valence-corrected chi connectivity index (χ2v) is 6.08. The molecule has 0 spiro atoms. The smallest absolute Gasteiger partial charge is 0.251 e. The highest BCUT2D eigenvalue weighted by Gasteiger charge is 2.06. The van der Waals surface area contributed by atoms with Gasteiger partial charge in [0.1, 0.15) is 24.0 Å². The summed E-state index contributed by atoms with van der Waals surface area (Å²) >= 11 is 0. The summed E-state index contributed by atoms with van der Waals surface area (Å²) in [6, 6.07) is 20.0. The number of hydrogen-bond donors (Lipinski definition) is 1. The van der Waals surface area contributed by atoms with E-state index in [-0.39, 0.29) is 5.91 Å². The van der Waals surface area contributed by atoms with Crippen LogP contribution in [0.4, 0.5) is 8.78 Å². The molecule has 27 heavy (non-hydrogen) atoms. The Hall–Kier alpha value is -3.21. The molecule has 0 atom stereocenters. The molecule has 0 heterocycles. The Morgan fingerprint density at radius 2 is 1.52 bits per heavy atom. The van der Waals surface area contributed by atoms with Gasteiger partial charge in [-0.3, -0.25) is 4.79 Å². The summed E-state index contributed by atoms with van der Waals surface area (Å²) in [4.78, 5) is 12.2. The van der Waals surface area contributed by atoms with Gasteiger partial charge in [-0.2, -0.15) is 0 Å². The van der Waals surface area contributed by atoms with E-state index < -0.39 is 11.6 Å². The van der Waals surface area contributed by atoms with Crippen molar-refractivity contribution in [3.8, 4) is 5.75 Å². The zero-order chi connectivity index (χ0) is 19.1. The molecule has 0 aliphatic heterocycles. The van der Waals surface area contributed by atoms with Gasteiger partial charge in [0.2, 0.25) is 0 Å². The lowest BCUT2D eigenvalue weighted by molar-refractivity contribution is 0.0954. The molecule has 1 N–H and O–H groups in total. The monoisotopic (exact) mass is 367 g/mol. The number of benzene rings is 3. The van der Waals surface area contributed by atoms with E-state index >= 15 is 0 Å². The minimum absolute atomic E-state index is 0.234. The predicted molar refractivity (Wildman–Crippen MR) is 99.6 cm³/mol. The zero-order valence-corrected chi connectivity index (χ0v) is 14.6. The van der Waals surface area contributed by atoms with Gasteiger partial charge in [-0.15, -0.1) is 0 Å². The molecule has 0 aliphatic carbocycles. The second kappa shape index (κ2) is 8.94. The molecule has 0 saturated heterocycles. The van der Waals surface area contributed by atoms with E-state index in [4.69, 9.17) is 4.74 Å².